The molecular formula is C26H24N4O2S2. The van der Waals surface area contributed by atoms with Gasteiger partial charge in [-0.1, -0.05) is 42.5 Å². The summed E-state index contributed by atoms with van der Waals surface area (Å²) in [4.78, 5) is 32.6. The van der Waals surface area contributed by atoms with Gasteiger partial charge in [-0.15, -0.1) is 11.3 Å². The molecule has 2 aliphatic heterocycles. The normalized spacial score (nSPS) is 18.7. The van der Waals surface area contributed by atoms with Gasteiger partial charge in [0.1, 0.15) is 14.9 Å². The molecule has 0 N–H and O–H groups in total. The van der Waals surface area contributed by atoms with Crippen LogP contribution in [-0.4, -0.2) is 34.1 Å². The molecule has 0 saturated carbocycles. The van der Waals surface area contributed by atoms with Crippen LogP contribution in [0.3, 0.4) is 0 Å². The van der Waals surface area contributed by atoms with Gasteiger partial charge in [-0.25, -0.2) is 0 Å². The first-order chi connectivity index (χ1) is 16.5. The van der Waals surface area contributed by atoms with Crippen LogP contribution < -0.4 is 24.6 Å². The van der Waals surface area contributed by atoms with Crippen LogP contribution in [0.5, 0.6) is 0 Å². The molecule has 1 amide bonds. The van der Waals surface area contributed by atoms with Crippen LogP contribution in [0.1, 0.15) is 19.4 Å². The molecule has 0 radical (unpaired) electrons. The van der Waals surface area contributed by atoms with Gasteiger partial charge < -0.3 is 9.80 Å². The third-order valence-electron chi connectivity index (χ3n) is 6.12. The fourth-order valence-corrected chi connectivity index (χ4v) is 6.06. The number of fused-ring (bicyclic) bond motifs is 1. The number of hydrogen-bond donors (Lipinski definition) is 0. The number of thiocarbonyl (C=S) groups is 1. The van der Waals surface area contributed by atoms with Crippen LogP contribution in [-0.2, 0) is 11.3 Å². The Hall–Kier alpha value is -3.49. The molecule has 8 heteroatoms. The lowest BCUT2D eigenvalue weighted by Gasteiger charge is -2.28. The van der Waals surface area contributed by atoms with Crippen molar-refractivity contribution in [3.05, 3.63) is 85.8 Å². The number of carbonyl (C=O) groups is 1. The van der Waals surface area contributed by atoms with Gasteiger partial charge in [0.05, 0.1) is 11.4 Å². The van der Waals surface area contributed by atoms with E-state index in [2.05, 4.69) is 24.0 Å². The van der Waals surface area contributed by atoms with E-state index in [1.807, 2.05) is 61.5 Å². The van der Waals surface area contributed by atoms with Crippen LogP contribution in [0, 0.1) is 0 Å². The third-order valence-corrected chi connectivity index (χ3v) is 7.78. The quantitative estimate of drug-likeness (QED) is 0.531. The molecule has 0 aliphatic carbocycles. The number of hydrogen-bond acceptors (Lipinski definition) is 5. The standard InChI is InChI=1S/C26H24N4O2S2/c1-4-28-19-14-10-9-11-17(19)15-16-20(28)22-24(32)29(5-2)25(34-22)21-23(31)30(26(33)27(21)3)18-12-7-6-8-13-18/h6-16H,4-5H2,1-3H3. The Bertz CT molecular complexity index is 1520. The smallest absolute Gasteiger partial charge is 0.284 e. The molecule has 0 spiro atoms. The van der Waals surface area contributed by atoms with Crippen molar-refractivity contribution in [1.82, 2.24) is 9.47 Å². The summed E-state index contributed by atoms with van der Waals surface area (Å²) < 4.78 is 2.91. The topological polar surface area (TPSA) is 48.8 Å². The SMILES string of the molecule is CCN1C(=c2sc(=C3C(=O)N(c4ccccc4)C(=S)N3C)n(CC)c2=O)C=Cc2ccccc21. The van der Waals surface area contributed by atoms with Crippen LogP contribution in [0.15, 0.2) is 65.5 Å². The highest BCUT2D eigenvalue weighted by Gasteiger charge is 2.38. The average molecular weight is 489 g/mol. The molecule has 1 saturated heterocycles. The number of carbonyl (C=O) groups excluding carboxylic acids is 1. The monoisotopic (exact) mass is 488 g/mol. The first kappa shape index (κ1) is 22.3. The molecule has 2 aromatic carbocycles. The van der Waals surface area contributed by atoms with E-state index in [9.17, 15) is 9.59 Å². The lowest BCUT2D eigenvalue weighted by Crippen LogP contribution is -2.37. The predicted molar refractivity (Wildman–Crippen MR) is 143 cm³/mol. The summed E-state index contributed by atoms with van der Waals surface area (Å²) in [7, 11) is 1.78. The maximum atomic E-state index is 13.6. The van der Waals surface area contributed by atoms with Gasteiger partial charge in [0.15, 0.2) is 5.11 Å². The van der Waals surface area contributed by atoms with Crippen molar-refractivity contribution in [2.75, 3.05) is 23.4 Å². The van der Waals surface area contributed by atoms with E-state index >= 15 is 0 Å². The summed E-state index contributed by atoms with van der Waals surface area (Å²) >= 11 is 6.98. The van der Waals surface area contributed by atoms with Crippen molar-refractivity contribution in [3.63, 3.8) is 0 Å². The lowest BCUT2D eigenvalue weighted by molar-refractivity contribution is -0.112. The first-order valence-corrected chi connectivity index (χ1v) is 12.4. The molecule has 2 aliphatic rings. The van der Waals surface area contributed by atoms with Gasteiger partial charge in [-0.3, -0.25) is 19.1 Å². The Morgan fingerprint density at radius 3 is 2.32 bits per heavy atom. The van der Waals surface area contributed by atoms with Crippen LogP contribution in [0.2, 0.25) is 0 Å². The van der Waals surface area contributed by atoms with Crippen molar-refractivity contribution in [3.8, 4) is 0 Å². The molecule has 1 fully saturated rings. The van der Waals surface area contributed by atoms with E-state index in [0.717, 1.165) is 23.5 Å². The molecule has 0 bridgehead atoms. The summed E-state index contributed by atoms with van der Waals surface area (Å²) in [6.07, 6.45) is 4.03. The van der Waals surface area contributed by atoms with E-state index < -0.39 is 0 Å². The molecule has 3 aromatic rings. The van der Waals surface area contributed by atoms with Crippen molar-refractivity contribution in [1.29, 1.82) is 0 Å². The Morgan fingerprint density at radius 1 is 0.912 bits per heavy atom. The van der Waals surface area contributed by atoms with Gasteiger partial charge in [0.2, 0.25) is 0 Å². The van der Waals surface area contributed by atoms with E-state index in [1.54, 1.807) is 16.5 Å². The van der Waals surface area contributed by atoms with Crippen LogP contribution in [0.4, 0.5) is 11.4 Å². The molecule has 5 rings (SSSR count). The number of thiazole rings is 1. The Morgan fingerprint density at radius 2 is 1.62 bits per heavy atom. The van der Waals surface area contributed by atoms with E-state index in [4.69, 9.17) is 12.2 Å². The molecule has 34 heavy (non-hydrogen) atoms. The molecule has 3 heterocycles. The second-order valence-electron chi connectivity index (χ2n) is 7.97. The zero-order valence-corrected chi connectivity index (χ0v) is 20.8. The van der Waals surface area contributed by atoms with Gasteiger partial charge in [-0.2, -0.15) is 0 Å². The maximum Gasteiger partial charge on any atom is 0.284 e. The second-order valence-corrected chi connectivity index (χ2v) is 9.34. The van der Waals surface area contributed by atoms with Crippen LogP contribution >= 0.6 is 23.6 Å². The van der Waals surface area contributed by atoms with E-state index in [0.29, 0.717) is 32.2 Å². The third kappa shape index (κ3) is 3.33. The lowest BCUT2D eigenvalue weighted by atomic mass is 10.1. The van der Waals surface area contributed by atoms with E-state index in [1.165, 1.54) is 16.2 Å². The summed E-state index contributed by atoms with van der Waals surface area (Å²) in [5.74, 6) is -0.226. The van der Waals surface area contributed by atoms with Gasteiger partial charge in [-0.05, 0) is 55.9 Å². The largest absolute Gasteiger partial charge is 0.340 e. The average Bonchev–Trinajstić information content (AvgIpc) is 3.30. The van der Waals surface area contributed by atoms with Gasteiger partial charge in [0, 0.05) is 25.8 Å². The first-order valence-electron chi connectivity index (χ1n) is 11.2. The fourth-order valence-electron chi connectivity index (χ4n) is 4.46. The minimum Gasteiger partial charge on any atom is -0.340 e. The molecule has 1 aromatic heterocycles. The number of benzene rings is 2. The van der Waals surface area contributed by atoms with Gasteiger partial charge >= 0.3 is 0 Å². The van der Waals surface area contributed by atoms with Crippen molar-refractivity contribution in [2.45, 2.75) is 20.4 Å². The number of nitrogens with zero attached hydrogens (tertiary/aromatic N) is 4. The zero-order chi connectivity index (χ0) is 24.0. The molecule has 6 nitrogen and oxygen atoms in total. The summed E-state index contributed by atoms with van der Waals surface area (Å²) in [6.45, 7) is 5.16. The highest BCUT2D eigenvalue weighted by Crippen LogP contribution is 2.30. The zero-order valence-electron chi connectivity index (χ0n) is 19.2. The Balaban J connectivity index is 1.77. The summed E-state index contributed by atoms with van der Waals surface area (Å²) in [5, 5.41) is 0.394. The number of anilines is 2. The van der Waals surface area contributed by atoms with Crippen molar-refractivity contribution >= 4 is 63.4 Å². The van der Waals surface area contributed by atoms with Crippen LogP contribution in [0.25, 0.3) is 17.5 Å². The number of amides is 1. The predicted octanol–water partition coefficient (Wildman–Crippen LogP) is 2.96. The number of likely N-dealkylation sites (N-methyl/N-ethyl adjacent to an activating group) is 2. The molecule has 0 atom stereocenters. The minimum atomic E-state index is -0.226. The molecule has 172 valence electrons. The Labute approximate surface area is 207 Å². The van der Waals surface area contributed by atoms with Gasteiger partial charge in [0.25, 0.3) is 11.5 Å². The minimum absolute atomic E-state index is 0.0993. The fraction of sp³-hybridized carbons (Fsp3) is 0.192. The highest BCUT2D eigenvalue weighted by molar-refractivity contribution is 7.80. The number of rotatable bonds is 3. The highest BCUT2D eigenvalue weighted by atomic mass is 32.1. The number of aromatic nitrogens is 1. The van der Waals surface area contributed by atoms with Crippen molar-refractivity contribution in [2.24, 2.45) is 0 Å². The number of para-hydroxylation sites is 2. The molecule has 0 unspecified atom stereocenters. The Kier molecular flexibility index (Phi) is 5.71. The summed E-state index contributed by atoms with van der Waals surface area (Å²) in [6, 6.07) is 17.5. The molecular weight excluding hydrogens is 464 g/mol. The van der Waals surface area contributed by atoms with E-state index in [-0.39, 0.29) is 11.5 Å². The maximum absolute atomic E-state index is 13.6. The van der Waals surface area contributed by atoms with Crippen molar-refractivity contribution < 1.29 is 4.79 Å². The second kappa shape index (κ2) is 8.70. The summed E-state index contributed by atoms with van der Waals surface area (Å²) in [5.41, 5.74) is 4.06.